The monoisotopic (exact) mass is 130 g/mol. The van der Waals surface area contributed by atoms with Crippen LogP contribution in [0.15, 0.2) is 11.8 Å². The van der Waals surface area contributed by atoms with Crippen molar-refractivity contribution in [2.24, 2.45) is 0 Å². The lowest BCUT2D eigenvalue weighted by atomic mass is 10.0. The SMILES string of the molecule is COC1=CCCCC1F. The Labute approximate surface area is 54.5 Å². The maximum absolute atomic E-state index is 12.7. The molecule has 0 bridgehead atoms. The van der Waals surface area contributed by atoms with E-state index in [2.05, 4.69) is 0 Å². The van der Waals surface area contributed by atoms with Crippen LogP contribution in [0, 0.1) is 0 Å². The van der Waals surface area contributed by atoms with Crippen molar-refractivity contribution in [1.29, 1.82) is 0 Å². The molecule has 1 rings (SSSR count). The number of allylic oxidation sites excluding steroid dienone is 2. The molecule has 0 N–H and O–H groups in total. The fourth-order valence-electron chi connectivity index (χ4n) is 1.02. The van der Waals surface area contributed by atoms with Crippen molar-refractivity contribution < 1.29 is 9.13 Å². The number of halogens is 1. The second-order valence-corrected chi connectivity index (χ2v) is 2.21. The van der Waals surface area contributed by atoms with Crippen LogP contribution in [-0.2, 0) is 4.74 Å². The molecule has 0 radical (unpaired) electrons. The summed E-state index contributed by atoms with van der Waals surface area (Å²) < 4.78 is 17.4. The molecule has 0 spiro atoms. The van der Waals surface area contributed by atoms with Crippen molar-refractivity contribution >= 4 is 0 Å². The summed E-state index contributed by atoms with van der Waals surface area (Å²) >= 11 is 0. The molecule has 0 aliphatic heterocycles. The highest BCUT2D eigenvalue weighted by Gasteiger charge is 2.15. The highest BCUT2D eigenvalue weighted by molar-refractivity contribution is 5.03. The first-order chi connectivity index (χ1) is 4.34. The average Bonchev–Trinajstić information content (AvgIpc) is 1.89. The van der Waals surface area contributed by atoms with Crippen LogP contribution < -0.4 is 0 Å². The Bertz CT molecular complexity index is 120. The first-order valence-electron chi connectivity index (χ1n) is 3.22. The Balaban J connectivity index is 2.53. The maximum Gasteiger partial charge on any atom is 0.157 e. The molecule has 0 aromatic carbocycles. The van der Waals surface area contributed by atoms with Gasteiger partial charge in [0.2, 0.25) is 0 Å². The van der Waals surface area contributed by atoms with Crippen LogP contribution >= 0.6 is 0 Å². The zero-order chi connectivity index (χ0) is 6.69. The molecule has 0 heterocycles. The minimum atomic E-state index is -0.844. The second kappa shape index (κ2) is 2.85. The topological polar surface area (TPSA) is 9.23 Å². The molecule has 0 fully saturated rings. The summed E-state index contributed by atoms with van der Waals surface area (Å²) in [7, 11) is 1.52. The van der Waals surface area contributed by atoms with E-state index in [1.165, 1.54) is 7.11 Å². The van der Waals surface area contributed by atoms with Gasteiger partial charge in [-0.2, -0.15) is 0 Å². The van der Waals surface area contributed by atoms with Gasteiger partial charge in [-0.15, -0.1) is 0 Å². The molecular weight excluding hydrogens is 119 g/mol. The van der Waals surface area contributed by atoms with Gasteiger partial charge in [-0.05, 0) is 25.3 Å². The average molecular weight is 130 g/mol. The number of hydrogen-bond acceptors (Lipinski definition) is 1. The Kier molecular flexibility index (Phi) is 2.09. The Morgan fingerprint density at radius 2 is 2.56 bits per heavy atom. The van der Waals surface area contributed by atoms with Crippen molar-refractivity contribution in [3.63, 3.8) is 0 Å². The number of ether oxygens (including phenoxy) is 1. The molecule has 0 saturated heterocycles. The zero-order valence-corrected chi connectivity index (χ0v) is 5.56. The van der Waals surface area contributed by atoms with Crippen LogP contribution in [0.5, 0.6) is 0 Å². The zero-order valence-electron chi connectivity index (χ0n) is 5.56. The molecule has 0 saturated carbocycles. The molecule has 1 unspecified atom stereocenters. The van der Waals surface area contributed by atoms with Crippen molar-refractivity contribution in [1.82, 2.24) is 0 Å². The minimum absolute atomic E-state index is 0.515. The fraction of sp³-hybridized carbons (Fsp3) is 0.714. The molecule has 0 aromatic heterocycles. The third-order valence-corrected chi connectivity index (χ3v) is 1.55. The molecule has 2 heteroatoms. The lowest BCUT2D eigenvalue weighted by molar-refractivity contribution is 0.186. The van der Waals surface area contributed by atoms with Gasteiger partial charge in [0.1, 0.15) is 5.76 Å². The number of rotatable bonds is 1. The molecule has 9 heavy (non-hydrogen) atoms. The Hall–Kier alpha value is -0.530. The highest BCUT2D eigenvalue weighted by atomic mass is 19.1. The van der Waals surface area contributed by atoms with Crippen LogP contribution in [0.3, 0.4) is 0 Å². The van der Waals surface area contributed by atoms with Gasteiger partial charge in [0.15, 0.2) is 6.17 Å². The van der Waals surface area contributed by atoms with Gasteiger partial charge in [0, 0.05) is 0 Å². The van der Waals surface area contributed by atoms with Gasteiger partial charge in [-0.3, -0.25) is 0 Å². The minimum Gasteiger partial charge on any atom is -0.498 e. The molecule has 1 aliphatic rings. The van der Waals surface area contributed by atoms with Crippen molar-refractivity contribution in [3.05, 3.63) is 11.8 Å². The van der Waals surface area contributed by atoms with E-state index in [1.807, 2.05) is 6.08 Å². The van der Waals surface area contributed by atoms with Crippen LogP contribution in [-0.4, -0.2) is 13.3 Å². The summed E-state index contributed by atoms with van der Waals surface area (Å²) in [6, 6.07) is 0. The normalized spacial score (nSPS) is 27.3. The van der Waals surface area contributed by atoms with Gasteiger partial charge < -0.3 is 4.74 Å². The van der Waals surface area contributed by atoms with E-state index >= 15 is 0 Å². The van der Waals surface area contributed by atoms with E-state index in [0.717, 1.165) is 12.8 Å². The maximum atomic E-state index is 12.7. The Morgan fingerprint density at radius 3 is 3.00 bits per heavy atom. The van der Waals surface area contributed by atoms with E-state index in [0.29, 0.717) is 12.2 Å². The lowest BCUT2D eigenvalue weighted by Gasteiger charge is -2.15. The number of alkyl halides is 1. The van der Waals surface area contributed by atoms with E-state index in [-0.39, 0.29) is 0 Å². The fourth-order valence-corrected chi connectivity index (χ4v) is 1.02. The summed E-state index contributed by atoms with van der Waals surface area (Å²) in [6.45, 7) is 0. The van der Waals surface area contributed by atoms with Crippen LogP contribution in [0.25, 0.3) is 0 Å². The quantitative estimate of drug-likeness (QED) is 0.527. The predicted octanol–water partition coefficient (Wildman–Crippen LogP) is 2.04. The van der Waals surface area contributed by atoms with Crippen LogP contribution in [0.2, 0.25) is 0 Å². The molecule has 1 aliphatic carbocycles. The smallest absolute Gasteiger partial charge is 0.157 e. The first kappa shape index (κ1) is 6.59. The van der Waals surface area contributed by atoms with Crippen LogP contribution in [0.1, 0.15) is 19.3 Å². The van der Waals surface area contributed by atoms with Crippen molar-refractivity contribution in [2.75, 3.05) is 7.11 Å². The molecular formula is C7H11FO. The van der Waals surface area contributed by atoms with Gasteiger partial charge in [0.05, 0.1) is 7.11 Å². The number of hydrogen-bond donors (Lipinski definition) is 0. The molecule has 52 valence electrons. The van der Waals surface area contributed by atoms with E-state index in [4.69, 9.17) is 4.74 Å². The summed E-state index contributed by atoms with van der Waals surface area (Å²) in [5.74, 6) is 0.515. The third kappa shape index (κ3) is 1.44. The summed E-state index contributed by atoms with van der Waals surface area (Å²) in [5.41, 5.74) is 0. The van der Waals surface area contributed by atoms with E-state index < -0.39 is 6.17 Å². The Morgan fingerprint density at radius 1 is 1.78 bits per heavy atom. The molecule has 1 atom stereocenters. The molecule has 0 amide bonds. The predicted molar refractivity (Wildman–Crippen MR) is 33.8 cm³/mol. The van der Waals surface area contributed by atoms with Gasteiger partial charge >= 0.3 is 0 Å². The standard InChI is InChI=1S/C7H11FO/c1-9-7-5-3-2-4-6(7)8/h5-6H,2-4H2,1H3. The largest absolute Gasteiger partial charge is 0.498 e. The van der Waals surface area contributed by atoms with E-state index in [9.17, 15) is 4.39 Å². The number of methoxy groups -OCH3 is 1. The van der Waals surface area contributed by atoms with Crippen LogP contribution in [0.4, 0.5) is 4.39 Å². The molecule has 1 nitrogen and oxygen atoms in total. The third-order valence-electron chi connectivity index (χ3n) is 1.55. The van der Waals surface area contributed by atoms with Gasteiger partial charge in [-0.25, -0.2) is 4.39 Å². The second-order valence-electron chi connectivity index (χ2n) is 2.21. The van der Waals surface area contributed by atoms with Gasteiger partial charge in [-0.1, -0.05) is 0 Å². The summed E-state index contributed by atoms with van der Waals surface area (Å²) in [6.07, 6.45) is 3.52. The van der Waals surface area contributed by atoms with Crippen molar-refractivity contribution in [2.45, 2.75) is 25.4 Å². The van der Waals surface area contributed by atoms with Gasteiger partial charge in [0.25, 0.3) is 0 Å². The summed E-state index contributed by atoms with van der Waals surface area (Å²) in [4.78, 5) is 0. The van der Waals surface area contributed by atoms with Crippen molar-refractivity contribution in [3.8, 4) is 0 Å². The lowest BCUT2D eigenvalue weighted by Crippen LogP contribution is -2.09. The van der Waals surface area contributed by atoms with E-state index in [1.54, 1.807) is 0 Å². The first-order valence-corrected chi connectivity index (χ1v) is 3.22. The highest BCUT2D eigenvalue weighted by Crippen LogP contribution is 2.20. The summed E-state index contributed by atoms with van der Waals surface area (Å²) in [5, 5.41) is 0. The molecule has 0 aromatic rings.